The molecular formula is C16H25NO3. The molecule has 0 amide bonds. The van der Waals surface area contributed by atoms with Crippen LogP contribution in [0.4, 0.5) is 0 Å². The van der Waals surface area contributed by atoms with Crippen LogP contribution in [0, 0.1) is 13.8 Å². The molecule has 1 saturated heterocycles. The van der Waals surface area contributed by atoms with Crippen molar-refractivity contribution < 1.29 is 14.3 Å². The normalized spacial score (nSPS) is 21.9. The number of carboxylic acid groups (broad SMARTS) is 1. The van der Waals surface area contributed by atoms with Gasteiger partial charge in [0, 0.05) is 24.1 Å². The standard InChI is InChI=1S/C16H25NO3/c1-11-10-15(13(3)20-11)12(2)17-9-5-4-6-14(17)7-8-16(18)19/h10,12,14H,4-9H2,1-3H3,(H,18,19). The van der Waals surface area contributed by atoms with Crippen molar-refractivity contribution in [3.63, 3.8) is 0 Å². The molecule has 1 aromatic heterocycles. The maximum absolute atomic E-state index is 10.8. The second kappa shape index (κ2) is 6.44. The fraction of sp³-hybridized carbons (Fsp3) is 0.688. The summed E-state index contributed by atoms with van der Waals surface area (Å²) in [6.07, 6.45) is 4.51. The lowest BCUT2D eigenvalue weighted by Gasteiger charge is -2.39. The Morgan fingerprint density at radius 2 is 2.25 bits per heavy atom. The molecule has 2 heterocycles. The Balaban J connectivity index is 2.10. The van der Waals surface area contributed by atoms with Gasteiger partial charge in [0.15, 0.2) is 0 Å². The number of rotatable bonds is 5. The van der Waals surface area contributed by atoms with Gasteiger partial charge in [0.05, 0.1) is 0 Å². The molecule has 1 aliphatic rings. The van der Waals surface area contributed by atoms with E-state index in [1.54, 1.807) is 0 Å². The minimum atomic E-state index is -0.696. The van der Waals surface area contributed by atoms with Crippen LogP contribution in [-0.4, -0.2) is 28.6 Å². The molecule has 1 aromatic rings. The van der Waals surface area contributed by atoms with Crippen LogP contribution in [0.5, 0.6) is 0 Å². The number of aryl methyl sites for hydroxylation is 2. The van der Waals surface area contributed by atoms with Crippen molar-refractivity contribution >= 4 is 5.97 Å². The van der Waals surface area contributed by atoms with Crippen molar-refractivity contribution in [3.05, 3.63) is 23.2 Å². The van der Waals surface area contributed by atoms with Crippen LogP contribution in [0.1, 0.15) is 62.2 Å². The van der Waals surface area contributed by atoms with Gasteiger partial charge in [0.2, 0.25) is 0 Å². The van der Waals surface area contributed by atoms with Crippen LogP contribution in [0.3, 0.4) is 0 Å². The van der Waals surface area contributed by atoms with Gasteiger partial charge >= 0.3 is 5.97 Å². The SMILES string of the molecule is Cc1cc(C(C)N2CCCCC2CCC(=O)O)c(C)o1. The number of aliphatic carboxylic acids is 1. The third-order valence-corrected chi connectivity index (χ3v) is 4.39. The van der Waals surface area contributed by atoms with Crippen molar-refractivity contribution in [3.8, 4) is 0 Å². The Hall–Kier alpha value is -1.29. The first kappa shape index (κ1) is 15.1. The zero-order valence-corrected chi connectivity index (χ0v) is 12.7. The van der Waals surface area contributed by atoms with Crippen molar-refractivity contribution in [1.82, 2.24) is 4.90 Å². The van der Waals surface area contributed by atoms with E-state index in [4.69, 9.17) is 9.52 Å². The van der Waals surface area contributed by atoms with Gasteiger partial charge in [0.1, 0.15) is 11.5 Å². The second-order valence-corrected chi connectivity index (χ2v) is 5.86. The van der Waals surface area contributed by atoms with Gasteiger partial charge in [-0.25, -0.2) is 0 Å². The molecule has 0 aliphatic carbocycles. The maximum Gasteiger partial charge on any atom is 0.303 e. The average Bonchev–Trinajstić information content (AvgIpc) is 2.75. The highest BCUT2D eigenvalue weighted by Gasteiger charge is 2.29. The van der Waals surface area contributed by atoms with Crippen LogP contribution < -0.4 is 0 Å². The summed E-state index contributed by atoms with van der Waals surface area (Å²) in [4.78, 5) is 13.3. The number of nitrogens with zero attached hydrogens (tertiary/aromatic N) is 1. The van der Waals surface area contributed by atoms with Gasteiger partial charge in [-0.15, -0.1) is 0 Å². The minimum absolute atomic E-state index is 0.261. The largest absolute Gasteiger partial charge is 0.481 e. The number of likely N-dealkylation sites (tertiary alicyclic amines) is 1. The van der Waals surface area contributed by atoms with Gasteiger partial charge in [-0.2, -0.15) is 0 Å². The molecule has 0 bridgehead atoms. The van der Waals surface area contributed by atoms with E-state index in [-0.39, 0.29) is 6.42 Å². The molecule has 112 valence electrons. The summed E-state index contributed by atoms with van der Waals surface area (Å²) >= 11 is 0. The number of hydrogen-bond donors (Lipinski definition) is 1. The Kier molecular flexibility index (Phi) is 4.86. The lowest BCUT2D eigenvalue weighted by molar-refractivity contribution is -0.137. The van der Waals surface area contributed by atoms with E-state index in [0.717, 1.165) is 30.9 Å². The van der Waals surface area contributed by atoms with E-state index in [9.17, 15) is 4.79 Å². The van der Waals surface area contributed by atoms with Crippen molar-refractivity contribution in [1.29, 1.82) is 0 Å². The Bertz CT molecular complexity index is 466. The lowest BCUT2D eigenvalue weighted by Crippen LogP contribution is -2.41. The molecule has 0 saturated carbocycles. The molecule has 1 aliphatic heterocycles. The predicted octanol–water partition coefficient (Wildman–Crippen LogP) is 3.68. The topological polar surface area (TPSA) is 53.7 Å². The van der Waals surface area contributed by atoms with Crippen molar-refractivity contribution in [2.45, 2.75) is 65.0 Å². The molecule has 0 spiro atoms. The number of furan rings is 1. The number of carboxylic acids is 1. The fourth-order valence-electron chi connectivity index (χ4n) is 3.38. The summed E-state index contributed by atoms with van der Waals surface area (Å²) in [5.74, 6) is 1.24. The van der Waals surface area contributed by atoms with Crippen LogP contribution in [0.2, 0.25) is 0 Å². The van der Waals surface area contributed by atoms with Gasteiger partial charge in [0.25, 0.3) is 0 Å². The molecule has 4 heteroatoms. The van der Waals surface area contributed by atoms with E-state index in [1.165, 1.54) is 18.4 Å². The van der Waals surface area contributed by atoms with Gasteiger partial charge in [-0.05, 0) is 52.6 Å². The summed E-state index contributed by atoms with van der Waals surface area (Å²) in [6, 6.07) is 2.79. The second-order valence-electron chi connectivity index (χ2n) is 5.86. The van der Waals surface area contributed by atoms with E-state index < -0.39 is 5.97 Å². The van der Waals surface area contributed by atoms with E-state index in [0.29, 0.717) is 12.1 Å². The quantitative estimate of drug-likeness (QED) is 0.893. The summed E-state index contributed by atoms with van der Waals surface area (Å²) < 4.78 is 5.64. The lowest BCUT2D eigenvalue weighted by atomic mass is 9.94. The first-order valence-corrected chi connectivity index (χ1v) is 7.53. The Morgan fingerprint density at radius 1 is 1.50 bits per heavy atom. The van der Waals surface area contributed by atoms with Crippen LogP contribution in [0.25, 0.3) is 0 Å². The summed E-state index contributed by atoms with van der Waals surface area (Å²) in [7, 11) is 0. The first-order valence-electron chi connectivity index (χ1n) is 7.53. The van der Waals surface area contributed by atoms with Gasteiger partial charge in [-0.1, -0.05) is 6.42 Å². The fourth-order valence-corrected chi connectivity index (χ4v) is 3.38. The highest BCUT2D eigenvalue weighted by molar-refractivity contribution is 5.66. The summed E-state index contributed by atoms with van der Waals surface area (Å²) in [5.41, 5.74) is 1.24. The molecule has 2 atom stereocenters. The third-order valence-electron chi connectivity index (χ3n) is 4.39. The van der Waals surface area contributed by atoms with Crippen LogP contribution >= 0.6 is 0 Å². The minimum Gasteiger partial charge on any atom is -0.481 e. The monoisotopic (exact) mass is 279 g/mol. The van der Waals surface area contributed by atoms with Gasteiger partial charge < -0.3 is 9.52 Å². The van der Waals surface area contributed by atoms with Crippen molar-refractivity contribution in [2.24, 2.45) is 0 Å². The number of hydrogen-bond acceptors (Lipinski definition) is 3. The highest BCUT2D eigenvalue weighted by Crippen LogP contribution is 2.33. The molecule has 0 radical (unpaired) electrons. The molecule has 4 nitrogen and oxygen atoms in total. The molecular weight excluding hydrogens is 254 g/mol. The van der Waals surface area contributed by atoms with Crippen molar-refractivity contribution in [2.75, 3.05) is 6.54 Å². The molecule has 1 N–H and O–H groups in total. The number of piperidine rings is 1. The average molecular weight is 279 g/mol. The Morgan fingerprint density at radius 3 is 2.85 bits per heavy atom. The van der Waals surface area contributed by atoms with E-state index in [2.05, 4.69) is 17.9 Å². The maximum atomic E-state index is 10.8. The molecule has 0 aromatic carbocycles. The van der Waals surface area contributed by atoms with Crippen LogP contribution in [-0.2, 0) is 4.79 Å². The highest BCUT2D eigenvalue weighted by atomic mass is 16.4. The predicted molar refractivity (Wildman–Crippen MR) is 77.8 cm³/mol. The third kappa shape index (κ3) is 3.42. The van der Waals surface area contributed by atoms with Gasteiger partial charge in [-0.3, -0.25) is 9.69 Å². The Labute approximate surface area is 120 Å². The molecule has 2 unspecified atom stereocenters. The zero-order valence-electron chi connectivity index (χ0n) is 12.7. The molecule has 1 fully saturated rings. The zero-order chi connectivity index (χ0) is 14.7. The van der Waals surface area contributed by atoms with Crippen LogP contribution in [0.15, 0.2) is 10.5 Å². The smallest absolute Gasteiger partial charge is 0.303 e. The first-order chi connectivity index (χ1) is 9.49. The van der Waals surface area contributed by atoms with E-state index >= 15 is 0 Å². The number of carbonyl (C=O) groups is 1. The van der Waals surface area contributed by atoms with E-state index in [1.807, 2.05) is 13.8 Å². The summed E-state index contributed by atoms with van der Waals surface area (Å²) in [5, 5.41) is 8.90. The molecule has 20 heavy (non-hydrogen) atoms. The molecule has 2 rings (SSSR count). The summed E-state index contributed by atoms with van der Waals surface area (Å²) in [6.45, 7) is 7.24.